The van der Waals surface area contributed by atoms with Gasteiger partial charge in [0.1, 0.15) is 5.82 Å². The van der Waals surface area contributed by atoms with Crippen LogP contribution in [0.3, 0.4) is 0 Å². The minimum Gasteiger partial charge on any atom is -0.509 e. The first kappa shape index (κ1) is 40.2. The van der Waals surface area contributed by atoms with Crippen LogP contribution in [0.5, 0.6) is 11.5 Å². The molecule has 0 aliphatic heterocycles. The van der Waals surface area contributed by atoms with Gasteiger partial charge in [0.2, 0.25) is 0 Å². The van der Waals surface area contributed by atoms with E-state index in [0.717, 1.165) is 63.8 Å². The molecule has 5 nitrogen and oxygen atoms in total. The summed E-state index contributed by atoms with van der Waals surface area (Å²) in [5.74, 6) is 3.25. The van der Waals surface area contributed by atoms with E-state index >= 15 is 0 Å². The van der Waals surface area contributed by atoms with Crippen molar-refractivity contribution in [3.63, 3.8) is 0 Å². The molecule has 6 heteroatoms. The van der Waals surface area contributed by atoms with E-state index in [1.807, 2.05) is 12.3 Å². The molecule has 0 amide bonds. The van der Waals surface area contributed by atoms with Crippen molar-refractivity contribution >= 4 is 21.8 Å². The number of fused-ring (bicyclic) bond motifs is 3. The van der Waals surface area contributed by atoms with E-state index in [2.05, 4.69) is 164 Å². The number of ether oxygens (including phenoxy) is 1. The van der Waals surface area contributed by atoms with Gasteiger partial charge in [-0.3, -0.25) is 4.68 Å². The van der Waals surface area contributed by atoms with Crippen molar-refractivity contribution in [1.29, 1.82) is 0 Å². The Labute approximate surface area is 341 Å². The van der Waals surface area contributed by atoms with Gasteiger partial charge in [0.15, 0.2) is 0 Å². The van der Waals surface area contributed by atoms with Gasteiger partial charge in [-0.05, 0) is 116 Å². The van der Waals surface area contributed by atoms with Gasteiger partial charge in [0, 0.05) is 34.5 Å². The van der Waals surface area contributed by atoms with Gasteiger partial charge in [-0.15, -0.1) is 41.3 Å². The number of nitrogens with zero attached hydrogens (tertiary/aromatic N) is 4. The monoisotopic (exact) mass is 820 g/mol. The molecule has 0 aliphatic carbocycles. The molecule has 7 aromatic rings. The van der Waals surface area contributed by atoms with E-state index in [1.165, 1.54) is 39.1 Å². The van der Waals surface area contributed by atoms with Crippen LogP contribution in [-0.2, 0) is 38.7 Å². The zero-order valence-corrected chi connectivity index (χ0v) is 35.8. The third-order valence-electron chi connectivity index (χ3n) is 10.4. The smallest absolute Gasteiger partial charge is 0.509 e. The largest absolute Gasteiger partial charge is 2.00 e. The molecular weight excluding hydrogens is 767 g/mol. The summed E-state index contributed by atoms with van der Waals surface area (Å²) in [6.07, 6.45) is 4.88. The summed E-state index contributed by atoms with van der Waals surface area (Å²) in [5.41, 5.74) is 13.8. The van der Waals surface area contributed by atoms with E-state index < -0.39 is 0 Å². The fourth-order valence-corrected chi connectivity index (χ4v) is 7.93. The molecule has 4 aromatic carbocycles. The van der Waals surface area contributed by atoms with Crippen molar-refractivity contribution in [1.82, 2.24) is 19.3 Å². The van der Waals surface area contributed by atoms with Crippen LogP contribution in [0.25, 0.3) is 44.4 Å². The normalized spacial score (nSPS) is 11.9. The Kier molecular flexibility index (Phi) is 11.6. The third-order valence-corrected chi connectivity index (χ3v) is 10.4. The van der Waals surface area contributed by atoms with E-state index in [9.17, 15) is 0 Å². The van der Waals surface area contributed by atoms with Crippen molar-refractivity contribution in [2.24, 2.45) is 11.8 Å². The maximum atomic E-state index is 6.77. The molecule has 0 bridgehead atoms. The van der Waals surface area contributed by atoms with Crippen LogP contribution >= 0.6 is 0 Å². The molecule has 0 aliphatic rings. The first-order chi connectivity index (χ1) is 25.7. The van der Waals surface area contributed by atoms with Crippen molar-refractivity contribution in [3.8, 4) is 34.1 Å². The van der Waals surface area contributed by atoms with Gasteiger partial charge in [-0.2, -0.15) is 11.2 Å². The topological polar surface area (TPSA) is 44.9 Å². The van der Waals surface area contributed by atoms with E-state index in [0.29, 0.717) is 23.3 Å². The van der Waals surface area contributed by atoms with Crippen LogP contribution < -0.4 is 4.74 Å². The number of hydrogen-bond donors (Lipinski definition) is 0. The van der Waals surface area contributed by atoms with E-state index in [-0.39, 0.29) is 25.8 Å². The Morgan fingerprint density at radius 2 is 1.49 bits per heavy atom. The van der Waals surface area contributed by atoms with E-state index in [1.54, 1.807) is 0 Å². The van der Waals surface area contributed by atoms with Gasteiger partial charge in [0.25, 0.3) is 0 Å². The minimum atomic E-state index is -0.137. The van der Waals surface area contributed by atoms with Gasteiger partial charge in [0.05, 0.1) is 5.69 Å². The summed E-state index contributed by atoms with van der Waals surface area (Å²) in [7, 11) is 0. The Morgan fingerprint density at radius 1 is 0.764 bits per heavy atom. The molecule has 0 saturated heterocycles. The van der Waals surface area contributed by atoms with E-state index in [4.69, 9.17) is 14.8 Å². The molecular formula is C49H54N4OPd. The van der Waals surface area contributed by atoms with Crippen LogP contribution in [0.4, 0.5) is 0 Å². The molecule has 0 N–H and O–H groups in total. The first-order valence-electron chi connectivity index (χ1n) is 19.5. The second kappa shape index (κ2) is 15.9. The zero-order chi connectivity index (χ0) is 38.5. The summed E-state index contributed by atoms with van der Waals surface area (Å²) in [6, 6.07) is 33.2. The third kappa shape index (κ3) is 8.23. The second-order valence-corrected chi connectivity index (χ2v) is 17.1. The maximum Gasteiger partial charge on any atom is 2.00 e. The molecule has 7 rings (SSSR count). The quantitative estimate of drug-likeness (QED) is 0.102. The predicted octanol–water partition coefficient (Wildman–Crippen LogP) is 12.7. The average Bonchev–Trinajstić information content (AvgIpc) is 3.60. The molecule has 3 heterocycles. The van der Waals surface area contributed by atoms with Gasteiger partial charge in [-0.1, -0.05) is 89.9 Å². The Hall–Kier alpha value is -4.50. The number of para-hydroxylation sites is 1. The fourth-order valence-electron chi connectivity index (χ4n) is 7.93. The van der Waals surface area contributed by atoms with Crippen LogP contribution in [-0.4, -0.2) is 19.3 Å². The SMILES string of the molecule is Cc1cc(C)c(-c2c(C)nn(-c3[c-]c(Oc4[c-]c5c(cc4)c4ccccc4n5-c4cc(CC(C)C)ccn4)cc(C(C)(C)C)c3)c2CCC(C)C)c(C)c1.[Pd+2]. The number of pyridine rings is 1. The molecule has 0 saturated carbocycles. The maximum absolute atomic E-state index is 6.77. The zero-order valence-electron chi connectivity index (χ0n) is 34.3. The second-order valence-electron chi connectivity index (χ2n) is 17.1. The summed E-state index contributed by atoms with van der Waals surface area (Å²) in [6.45, 7) is 24.6. The minimum absolute atomic E-state index is 0. The summed E-state index contributed by atoms with van der Waals surface area (Å²) in [5, 5.41) is 7.53. The number of aryl methyl sites for hydroxylation is 4. The van der Waals surface area contributed by atoms with Gasteiger partial charge >= 0.3 is 20.4 Å². The Morgan fingerprint density at radius 3 is 2.18 bits per heavy atom. The molecule has 3 aromatic heterocycles. The van der Waals surface area contributed by atoms with Crippen molar-refractivity contribution in [2.75, 3.05) is 0 Å². The summed E-state index contributed by atoms with van der Waals surface area (Å²) in [4.78, 5) is 4.85. The number of benzene rings is 4. The van der Waals surface area contributed by atoms with Crippen LogP contribution in [0.1, 0.15) is 94.1 Å². The summed E-state index contributed by atoms with van der Waals surface area (Å²) < 4.78 is 11.1. The molecule has 0 atom stereocenters. The average molecular weight is 821 g/mol. The predicted molar refractivity (Wildman–Crippen MR) is 225 cm³/mol. The molecule has 0 unspecified atom stereocenters. The Balaban J connectivity index is 0.00000514. The molecule has 286 valence electrons. The summed E-state index contributed by atoms with van der Waals surface area (Å²) >= 11 is 0. The molecule has 55 heavy (non-hydrogen) atoms. The van der Waals surface area contributed by atoms with Crippen molar-refractivity contribution in [3.05, 3.63) is 130 Å². The molecule has 0 spiro atoms. The van der Waals surface area contributed by atoms with Crippen molar-refractivity contribution < 1.29 is 25.2 Å². The first-order valence-corrected chi connectivity index (χ1v) is 19.5. The van der Waals surface area contributed by atoms with Crippen LogP contribution in [0.15, 0.2) is 79.0 Å². The number of hydrogen-bond acceptors (Lipinski definition) is 3. The molecule has 0 fully saturated rings. The number of rotatable bonds is 10. The standard InChI is InChI=1S/C49H54N4O.Pd/c1-30(2)16-19-44-48(47-33(6)23-32(5)24-34(47)7)35(8)51-53(44)38-26-37(49(9,10)11)27-40(28-38)54-39-17-18-42-41-14-12-13-15-43(41)52(45(42)29-39)46-25-36(20-21-50-46)22-31(3)4;/h12-15,17-18,20-21,23-27,30-31H,16,19,22H2,1-11H3;/q-2;+2. The molecule has 0 radical (unpaired) electrons. The fraction of sp³-hybridized carbons (Fsp3) is 0.347. The van der Waals surface area contributed by atoms with Gasteiger partial charge < -0.3 is 9.30 Å². The number of aromatic nitrogens is 4. The van der Waals surface area contributed by atoms with Crippen LogP contribution in [0.2, 0.25) is 0 Å². The van der Waals surface area contributed by atoms with Gasteiger partial charge in [-0.25, -0.2) is 4.98 Å². The van der Waals surface area contributed by atoms with Crippen molar-refractivity contribution in [2.45, 2.75) is 101 Å². The Bertz CT molecular complexity index is 2470. The van der Waals surface area contributed by atoms with Crippen LogP contribution in [0, 0.1) is 51.7 Å².